The van der Waals surface area contributed by atoms with Gasteiger partial charge in [-0.15, -0.1) is 0 Å². The van der Waals surface area contributed by atoms with Crippen molar-refractivity contribution in [2.24, 2.45) is 0 Å². The number of fused-ring (bicyclic) bond motifs is 1. The summed E-state index contributed by atoms with van der Waals surface area (Å²) in [6, 6.07) is 11.8. The molecular formula is C14H10Cl2N4O. The number of anilines is 2. The summed E-state index contributed by atoms with van der Waals surface area (Å²) in [4.78, 5) is 18.9. The molecule has 0 aliphatic rings. The zero-order valence-electron chi connectivity index (χ0n) is 10.7. The number of aromatic nitrogens is 2. The van der Waals surface area contributed by atoms with Crippen LogP contribution in [0.4, 0.5) is 16.2 Å². The molecule has 3 aromatic rings. The number of carbonyl (C=O) groups excluding carboxylic acids is 1. The number of nitrogens with zero attached hydrogens (tertiary/aromatic N) is 1. The molecule has 0 spiro atoms. The van der Waals surface area contributed by atoms with Gasteiger partial charge in [-0.2, -0.15) is 0 Å². The van der Waals surface area contributed by atoms with Crippen molar-refractivity contribution >= 4 is 51.6 Å². The van der Waals surface area contributed by atoms with Crippen molar-refractivity contribution in [3.63, 3.8) is 0 Å². The predicted octanol–water partition coefficient (Wildman–Crippen LogP) is 4.51. The maximum absolute atomic E-state index is 11.9. The molecule has 0 atom stereocenters. The van der Waals surface area contributed by atoms with Crippen molar-refractivity contribution in [1.82, 2.24) is 9.97 Å². The van der Waals surface area contributed by atoms with E-state index < -0.39 is 0 Å². The van der Waals surface area contributed by atoms with Crippen molar-refractivity contribution in [3.8, 4) is 0 Å². The molecule has 2 aromatic carbocycles. The summed E-state index contributed by atoms with van der Waals surface area (Å²) in [5, 5.41) is 6.29. The topological polar surface area (TPSA) is 69.8 Å². The fourth-order valence-corrected chi connectivity index (χ4v) is 2.30. The largest absolute Gasteiger partial charge is 0.329 e. The summed E-state index contributed by atoms with van der Waals surface area (Å²) in [7, 11) is 0. The molecule has 0 unspecified atom stereocenters. The molecule has 0 aliphatic heterocycles. The first-order chi connectivity index (χ1) is 10.1. The zero-order chi connectivity index (χ0) is 14.8. The fraction of sp³-hybridized carbons (Fsp3) is 0. The second-order valence-corrected chi connectivity index (χ2v) is 5.14. The second-order valence-electron chi connectivity index (χ2n) is 4.35. The van der Waals surface area contributed by atoms with Gasteiger partial charge in [0, 0.05) is 16.4 Å². The van der Waals surface area contributed by atoms with E-state index in [1.165, 1.54) is 0 Å². The number of imidazole rings is 1. The first-order valence-corrected chi connectivity index (χ1v) is 6.84. The highest BCUT2D eigenvalue weighted by Crippen LogP contribution is 2.20. The SMILES string of the molecule is O=C(Nc1cccc(Cl)c1)Nc1ccc2nc(Cl)[nH]c2c1. The van der Waals surface area contributed by atoms with Crippen LogP contribution in [0.2, 0.25) is 10.3 Å². The monoisotopic (exact) mass is 320 g/mol. The number of nitrogens with one attached hydrogen (secondary N) is 3. The summed E-state index contributed by atoms with van der Waals surface area (Å²) in [6.45, 7) is 0. The van der Waals surface area contributed by atoms with Gasteiger partial charge >= 0.3 is 6.03 Å². The van der Waals surface area contributed by atoms with Crippen molar-refractivity contribution in [1.29, 1.82) is 0 Å². The number of carbonyl (C=O) groups is 1. The van der Waals surface area contributed by atoms with E-state index in [0.717, 1.165) is 11.0 Å². The first-order valence-electron chi connectivity index (χ1n) is 6.09. The molecule has 0 fully saturated rings. The van der Waals surface area contributed by atoms with Crippen LogP contribution in [-0.2, 0) is 0 Å². The Morgan fingerprint density at radius 3 is 2.57 bits per heavy atom. The van der Waals surface area contributed by atoms with Crippen LogP contribution in [0.1, 0.15) is 0 Å². The van der Waals surface area contributed by atoms with Gasteiger partial charge in [0.15, 0.2) is 0 Å². The van der Waals surface area contributed by atoms with Crippen LogP contribution in [0, 0.1) is 0 Å². The van der Waals surface area contributed by atoms with Gasteiger partial charge in [-0.1, -0.05) is 17.7 Å². The average Bonchev–Trinajstić information content (AvgIpc) is 2.78. The van der Waals surface area contributed by atoms with Crippen LogP contribution in [0.5, 0.6) is 0 Å². The summed E-state index contributed by atoms with van der Waals surface area (Å²) >= 11 is 11.6. The van der Waals surface area contributed by atoms with Gasteiger partial charge in [-0.25, -0.2) is 9.78 Å². The van der Waals surface area contributed by atoms with Crippen molar-refractivity contribution in [3.05, 3.63) is 52.8 Å². The summed E-state index contributed by atoms with van der Waals surface area (Å²) in [5.74, 6) is 0. The maximum Gasteiger partial charge on any atom is 0.323 e. The van der Waals surface area contributed by atoms with E-state index in [1.807, 2.05) is 0 Å². The van der Waals surface area contributed by atoms with Crippen LogP contribution in [0.3, 0.4) is 0 Å². The van der Waals surface area contributed by atoms with Crippen LogP contribution in [-0.4, -0.2) is 16.0 Å². The third kappa shape index (κ3) is 3.26. The van der Waals surface area contributed by atoms with Gasteiger partial charge in [0.2, 0.25) is 5.28 Å². The number of rotatable bonds is 2. The molecule has 106 valence electrons. The molecule has 7 heteroatoms. The third-order valence-corrected chi connectivity index (χ3v) is 3.21. The van der Waals surface area contributed by atoms with Crippen molar-refractivity contribution in [2.75, 3.05) is 10.6 Å². The van der Waals surface area contributed by atoms with Crippen molar-refractivity contribution < 1.29 is 4.79 Å². The second kappa shape index (κ2) is 5.63. The number of aromatic amines is 1. The number of benzene rings is 2. The number of urea groups is 1. The zero-order valence-corrected chi connectivity index (χ0v) is 12.2. The number of amides is 2. The summed E-state index contributed by atoms with van der Waals surface area (Å²) in [5.41, 5.74) is 2.73. The maximum atomic E-state index is 11.9. The molecule has 1 heterocycles. The van der Waals surface area contributed by atoms with Gasteiger partial charge in [-0.3, -0.25) is 0 Å². The Bertz CT molecular complexity index is 816. The molecular weight excluding hydrogens is 311 g/mol. The Kier molecular flexibility index (Phi) is 3.68. The lowest BCUT2D eigenvalue weighted by atomic mass is 10.3. The van der Waals surface area contributed by atoms with Crippen molar-refractivity contribution in [2.45, 2.75) is 0 Å². The van der Waals surface area contributed by atoms with E-state index in [0.29, 0.717) is 21.7 Å². The van der Waals surface area contributed by atoms with Gasteiger partial charge in [0.25, 0.3) is 0 Å². The van der Waals surface area contributed by atoms with Crippen LogP contribution < -0.4 is 10.6 Å². The Hall–Kier alpha value is -2.24. The number of H-pyrrole nitrogens is 1. The Morgan fingerprint density at radius 1 is 1.05 bits per heavy atom. The minimum absolute atomic E-state index is 0.311. The molecule has 5 nitrogen and oxygen atoms in total. The predicted molar refractivity (Wildman–Crippen MR) is 85.2 cm³/mol. The highest BCUT2D eigenvalue weighted by Gasteiger charge is 2.06. The number of hydrogen-bond donors (Lipinski definition) is 3. The molecule has 1 aromatic heterocycles. The van der Waals surface area contributed by atoms with Gasteiger partial charge in [-0.05, 0) is 48.0 Å². The molecule has 3 N–H and O–H groups in total. The Morgan fingerprint density at radius 2 is 1.81 bits per heavy atom. The van der Waals surface area contributed by atoms with E-state index in [-0.39, 0.29) is 6.03 Å². The minimum Gasteiger partial charge on any atom is -0.329 e. The molecule has 21 heavy (non-hydrogen) atoms. The van der Waals surface area contributed by atoms with Crippen LogP contribution in [0.15, 0.2) is 42.5 Å². The summed E-state index contributed by atoms with van der Waals surface area (Å²) in [6.07, 6.45) is 0. The minimum atomic E-state index is -0.359. The summed E-state index contributed by atoms with van der Waals surface area (Å²) < 4.78 is 0. The quantitative estimate of drug-likeness (QED) is 0.650. The van der Waals surface area contributed by atoms with E-state index in [1.54, 1.807) is 42.5 Å². The van der Waals surface area contributed by atoms with E-state index in [9.17, 15) is 4.79 Å². The highest BCUT2D eigenvalue weighted by molar-refractivity contribution is 6.31. The first kappa shape index (κ1) is 13.7. The lowest BCUT2D eigenvalue weighted by Gasteiger charge is -2.07. The van der Waals surface area contributed by atoms with Gasteiger partial charge in [0.05, 0.1) is 11.0 Å². The van der Waals surface area contributed by atoms with Gasteiger partial charge < -0.3 is 15.6 Å². The highest BCUT2D eigenvalue weighted by atomic mass is 35.5. The van der Waals surface area contributed by atoms with E-state index in [2.05, 4.69) is 20.6 Å². The van der Waals surface area contributed by atoms with E-state index in [4.69, 9.17) is 23.2 Å². The molecule has 3 rings (SSSR count). The average molecular weight is 321 g/mol. The number of halogens is 2. The molecule has 0 radical (unpaired) electrons. The normalized spacial score (nSPS) is 10.6. The third-order valence-electron chi connectivity index (χ3n) is 2.79. The Balaban J connectivity index is 1.73. The standard InChI is InChI=1S/C14H10Cl2N4O/c15-8-2-1-3-9(6-8)17-14(21)18-10-4-5-11-12(7-10)20-13(16)19-11/h1-7H,(H,19,20)(H2,17,18,21). The molecule has 0 saturated carbocycles. The van der Waals surface area contributed by atoms with Gasteiger partial charge in [0.1, 0.15) is 0 Å². The smallest absolute Gasteiger partial charge is 0.323 e. The lowest BCUT2D eigenvalue weighted by Crippen LogP contribution is -2.19. The Labute approximate surface area is 130 Å². The molecule has 0 bridgehead atoms. The van der Waals surface area contributed by atoms with E-state index >= 15 is 0 Å². The number of hydrogen-bond acceptors (Lipinski definition) is 2. The fourth-order valence-electron chi connectivity index (χ4n) is 1.92. The van der Waals surface area contributed by atoms with Crippen LogP contribution in [0.25, 0.3) is 11.0 Å². The molecule has 0 saturated heterocycles. The molecule has 2 amide bonds. The lowest BCUT2D eigenvalue weighted by molar-refractivity contribution is 0.262. The van der Waals surface area contributed by atoms with Crippen LogP contribution >= 0.6 is 23.2 Å². The molecule has 0 aliphatic carbocycles.